The first-order valence-electron chi connectivity index (χ1n) is 5.88. The van der Waals surface area contributed by atoms with Crippen LogP contribution in [0.3, 0.4) is 0 Å². The zero-order valence-electron chi connectivity index (χ0n) is 9.74. The van der Waals surface area contributed by atoms with Gasteiger partial charge in [-0.3, -0.25) is 0 Å². The lowest BCUT2D eigenvalue weighted by Gasteiger charge is -2.17. The van der Waals surface area contributed by atoms with Crippen molar-refractivity contribution in [3.63, 3.8) is 0 Å². The quantitative estimate of drug-likeness (QED) is 0.747. The maximum atomic E-state index is 3.93. The minimum Gasteiger partial charge on any atom is -0.310 e. The molecule has 1 atom stereocenters. The maximum Gasteiger partial charge on any atom is 0.0544 e. The highest BCUT2D eigenvalue weighted by atomic mass is 15.1. The van der Waals surface area contributed by atoms with Crippen LogP contribution in [0.1, 0.15) is 51.1 Å². The van der Waals surface area contributed by atoms with Crippen LogP contribution in [0.5, 0.6) is 0 Å². The van der Waals surface area contributed by atoms with E-state index >= 15 is 0 Å². The van der Waals surface area contributed by atoms with Gasteiger partial charge in [0.1, 0.15) is 0 Å². The lowest BCUT2D eigenvalue weighted by molar-refractivity contribution is 0.479. The first kappa shape index (κ1) is 12.1. The molecule has 1 aromatic heterocycles. The molecule has 0 aromatic carbocycles. The largest absolute Gasteiger partial charge is 0.310 e. The summed E-state index contributed by atoms with van der Waals surface area (Å²) in [5, 5.41) is 11.3. The predicted molar refractivity (Wildman–Crippen MR) is 62.6 cm³/mol. The van der Waals surface area contributed by atoms with Gasteiger partial charge in [-0.05, 0) is 31.0 Å². The van der Waals surface area contributed by atoms with Gasteiger partial charge in [-0.15, -0.1) is 0 Å². The van der Waals surface area contributed by atoms with E-state index in [1.165, 1.54) is 31.2 Å². The molecule has 1 rings (SSSR count). The van der Waals surface area contributed by atoms with Crippen molar-refractivity contribution in [1.29, 1.82) is 0 Å². The summed E-state index contributed by atoms with van der Waals surface area (Å²) in [6.45, 7) is 5.48. The molecule has 3 nitrogen and oxygen atoms in total. The second-order valence-electron chi connectivity index (χ2n) is 3.82. The SMILES string of the molecule is CCCCC(NCCC)c1ccnnc1. The van der Waals surface area contributed by atoms with E-state index < -0.39 is 0 Å². The molecule has 3 heteroatoms. The van der Waals surface area contributed by atoms with Gasteiger partial charge in [0.2, 0.25) is 0 Å². The number of hydrogen-bond acceptors (Lipinski definition) is 3. The average molecular weight is 207 g/mol. The van der Waals surface area contributed by atoms with E-state index in [4.69, 9.17) is 0 Å². The fourth-order valence-corrected chi connectivity index (χ4v) is 1.62. The summed E-state index contributed by atoms with van der Waals surface area (Å²) >= 11 is 0. The number of nitrogens with one attached hydrogen (secondary N) is 1. The maximum absolute atomic E-state index is 3.93. The Hall–Kier alpha value is -0.960. The number of nitrogens with zero attached hydrogens (tertiary/aromatic N) is 2. The summed E-state index contributed by atoms with van der Waals surface area (Å²) in [5.41, 5.74) is 1.26. The third-order valence-corrected chi connectivity index (χ3v) is 2.50. The van der Waals surface area contributed by atoms with Crippen molar-refractivity contribution in [3.05, 3.63) is 24.0 Å². The molecule has 1 aromatic rings. The van der Waals surface area contributed by atoms with Gasteiger partial charge >= 0.3 is 0 Å². The molecule has 0 fully saturated rings. The first-order valence-corrected chi connectivity index (χ1v) is 5.88. The summed E-state index contributed by atoms with van der Waals surface area (Å²) < 4.78 is 0. The Morgan fingerprint density at radius 3 is 2.73 bits per heavy atom. The molecule has 0 spiro atoms. The van der Waals surface area contributed by atoms with Gasteiger partial charge in [0.15, 0.2) is 0 Å². The number of rotatable bonds is 7. The van der Waals surface area contributed by atoms with Crippen LogP contribution in [0.4, 0.5) is 0 Å². The first-order chi connectivity index (χ1) is 7.38. The molecule has 0 saturated heterocycles. The summed E-state index contributed by atoms with van der Waals surface area (Å²) in [4.78, 5) is 0. The molecule has 1 N–H and O–H groups in total. The van der Waals surface area contributed by atoms with Crippen molar-refractivity contribution < 1.29 is 0 Å². The van der Waals surface area contributed by atoms with Gasteiger partial charge in [0.25, 0.3) is 0 Å². The predicted octanol–water partition coefficient (Wildman–Crippen LogP) is 2.71. The van der Waals surface area contributed by atoms with Crippen molar-refractivity contribution in [3.8, 4) is 0 Å². The van der Waals surface area contributed by atoms with Crippen molar-refractivity contribution in [1.82, 2.24) is 15.5 Å². The number of aromatic nitrogens is 2. The van der Waals surface area contributed by atoms with E-state index in [0.717, 1.165) is 6.54 Å². The molecule has 1 heterocycles. The summed E-state index contributed by atoms with van der Waals surface area (Å²) in [6.07, 6.45) is 8.47. The van der Waals surface area contributed by atoms with Crippen LogP contribution < -0.4 is 5.32 Å². The van der Waals surface area contributed by atoms with E-state index in [2.05, 4.69) is 35.4 Å². The smallest absolute Gasteiger partial charge is 0.0544 e. The second-order valence-corrected chi connectivity index (χ2v) is 3.82. The molecule has 15 heavy (non-hydrogen) atoms. The van der Waals surface area contributed by atoms with Crippen molar-refractivity contribution in [2.24, 2.45) is 0 Å². The Bertz CT molecular complexity index is 240. The molecule has 0 amide bonds. The van der Waals surface area contributed by atoms with E-state index in [0.29, 0.717) is 6.04 Å². The zero-order valence-corrected chi connectivity index (χ0v) is 9.74. The van der Waals surface area contributed by atoms with Gasteiger partial charge in [0, 0.05) is 12.2 Å². The summed E-state index contributed by atoms with van der Waals surface area (Å²) in [7, 11) is 0. The zero-order chi connectivity index (χ0) is 10.9. The lowest BCUT2D eigenvalue weighted by Crippen LogP contribution is -2.22. The van der Waals surface area contributed by atoms with Gasteiger partial charge in [-0.2, -0.15) is 10.2 Å². The van der Waals surface area contributed by atoms with Crippen LogP contribution in [-0.2, 0) is 0 Å². The molecular formula is C12H21N3. The van der Waals surface area contributed by atoms with Crippen molar-refractivity contribution in [2.75, 3.05) is 6.54 Å². The molecule has 1 unspecified atom stereocenters. The van der Waals surface area contributed by atoms with E-state index in [1.807, 2.05) is 6.20 Å². The van der Waals surface area contributed by atoms with E-state index in [-0.39, 0.29) is 0 Å². The third-order valence-electron chi connectivity index (χ3n) is 2.50. The minimum absolute atomic E-state index is 0.445. The highest BCUT2D eigenvalue weighted by molar-refractivity contribution is 5.11. The average Bonchev–Trinajstić information content (AvgIpc) is 2.30. The van der Waals surface area contributed by atoms with Gasteiger partial charge in [-0.1, -0.05) is 26.7 Å². The van der Waals surface area contributed by atoms with Crippen LogP contribution in [0, 0.1) is 0 Å². The highest BCUT2D eigenvalue weighted by Crippen LogP contribution is 2.17. The molecule has 0 aliphatic rings. The topological polar surface area (TPSA) is 37.8 Å². The molecular weight excluding hydrogens is 186 g/mol. The Labute approximate surface area is 92.3 Å². The van der Waals surface area contributed by atoms with E-state index in [1.54, 1.807) is 6.20 Å². The summed E-state index contributed by atoms with van der Waals surface area (Å²) in [5.74, 6) is 0. The molecule has 0 radical (unpaired) electrons. The van der Waals surface area contributed by atoms with Crippen LogP contribution in [0.2, 0.25) is 0 Å². The molecule has 84 valence electrons. The normalized spacial score (nSPS) is 12.7. The van der Waals surface area contributed by atoms with Crippen LogP contribution in [-0.4, -0.2) is 16.7 Å². The fraction of sp³-hybridized carbons (Fsp3) is 0.667. The van der Waals surface area contributed by atoms with Crippen molar-refractivity contribution >= 4 is 0 Å². The van der Waals surface area contributed by atoms with Crippen molar-refractivity contribution in [2.45, 2.75) is 45.6 Å². The van der Waals surface area contributed by atoms with Crippen LogP contribution in [0.25, 0.3) is 0 Å². The highest BCUT2D eigenvalue weighted by Gasteiger charge is 2.09. The second kappa shape index (κ2) is 7.35. The fourth-order valence-electron chi connectivity index (χ4n) is 1.62. The number of hydrogen-bond donors (Lipinski definition) is 1. The Morgan fingerprint density at radius 1 is 1.27 bits per heavy atom. The van der Waals surface area contributed by atoms with Gasteiger partial charge in [0.05, 0.1) is 6.20 Å². The van der Waals surface area contributed by atoms with E-state index in [9.17, 15) is 0 Å². The van der Waals surface area contributed by atoms with Gasteiger partial charge in [-0.25, -0.2) is 0 Å². The molecule has 0 bridgehead atoms. The van der Waals surface area contributed by atoms with Crippen LogP contribution >= 0.6 is 0 Å². The van der Waals surface area contributed by atoms with Crippen LogP contribution in [0.15, 0.2) is 18.5 Å². The van der Waals surface area contributed by atoms with Gasteiger partial charge < -0.3 is 5.32 Å². The summed E-state index contributed by atoms with van der Waals surface area (Å²) in [6, 6.07) is 2.50. The minimum atomic E-state index is 0.445. The monoisotopic (exact) mass is 207 g/mol. The number of unbranched alkanes of at least 4 members (excludes halogenated alkanes) is 1. The Balaban J connectivity index is 2.55. The molecule has 0 aliphatic heterocycles. The third kappa shape index (κ3) is 4.38. The standard InChI is InChI=1S/C12H21N3/c1-3-5-6-12(13-8-4-2)11-7-9-14-15-10-11/h7,9-10,12-13H,3-6,8H2,1-2H3. The Kier molecular flexibility index (Phi) is 5.93. The molecule has 0 saturated carbocycles. The molecule has 0 aliphatic carbocycles. The Morgan fingerprint density at radius 2 is 2.13 bits per heavy atom. The lowest BCUT2D eigenvalue weighted by atomic mass is 10.0.